The van der Waals surface area contributed by atoms with E-state index in [2.05, 4.69) is 91.0 Å². The quantitative estimate of drug-likeness (QED) is 0.309. The molecule has 0 heterocycles. The van der Waals surface area contributed by atoms with Crippen molar-refractivity contribution in [3.8, 4) is 0 Å². The summed E-state index contributed by atoms with van der Waals surface area (Å²) in [6, 6.07) is 41.1. The summed E-state index contributed by atoms with van der Waals surface area (Å²) in [5.41, 5.74) is 4.73. The third-order valence-electron chi connectivity index (χ3n) is 4.33. The SMILES string of the molecule is O=Cc1ccccc1.c1ccc(C(c2ccccc2)c2ccccc2)cc1. The number of hydrogen-bond donors (Lipinski definition) is 0. The summed E-state index contributed by atoms with van der Waals surface area (Å²) in [4.78, 5) is 10.0. The maximum atomic E-state index is 10.0. The Kier molecular flexibility index (Phi) is 6.72. The second-order valence-electron chi connectivity index (χ2n) is 6.19. The summed E-state index contributed by atoms with van der Waals surface area (Å²) in [7, 11) is 0. The van der Waals surface area contributed by atoms with Gasteiger partial charge in [0.15, 0.2) is 0 Å². The molecule has 0 N–H and O–H groups in total. The molecule has 0 aliphatic carbocycles. The Morgan fingerprint density at radius 2 is 0.741 bits per heavy atom. The molecule has 4 aromatic carbocycles. The first-order valence-corrected chi connectivity index (χ1v) is 9.03. The molecule has 4 aromatic rings. The van der Waals surface area contributed by atoms with E-state index in [1.54, 1.807) is 12.1 Å². The van der Waals surface area contributed by atoms with Gasteiger partial charge in [-0.05, 0) is 16.7 Å². The Balaban J connectivity index is 0.000000221. The van der Waals surface area contributed by atoms with Gasteiger partial charge in [-0.2, -0.15) is 0 Å². The van der Waals surface area contributed by atoms with Gasteiger partial charge in [-0.1, -0.05) is 121 Å². The first-order valence-electron chi connectivity index (χ1n) is 9.03. The van der Waals surface area contributed by atoms with Crippen molar-refractivity contribution in [2.24, 2.45) is 0 Å². The maximum Gasteiger partial charge on any atom is 0.150 e. The van der Waals surface area contributed by atoms with Crippen LogP contribution in [0.2, 0.25) is 0 Å². The highest BCUT2D eigenvalue weighted by molar-refractivity contribution is 5.74. The molecule has 0 atom stereocenters. The molecule has 0 aliphatic heterocycles. The summed E-state index contributed by atoms with van der Waals surface area (Å²) < 4.78 is 0. The van der Waals surface area contributed by atoms with E-state index in [0.29, 0.717) is 5.92 Å². The summed E-state index contributed by atoms with van der Waals surface area (Å²) in [6.45, 7) is 0. The largest absolute Gasteiger partial charge is 0.298 e. The lowest BCUT2D eigenvalue weighted by Gasteiger charge is -2.18. The van der Waals surface area contributed by atoms with Crippen LogP contribution in [-0.4, -0.2) is 6.29 Å². The molecule has 0 unspecified atom stereocenters. The molecule has 1 nitrogen and oxygen atoms in total. The van der Waals surface area contributed by atoms with Gasteiger partial charge in [0.1, 0.15) is 6.29 Å². The van der Waals surface area contributed by atoms with Gasteiger partial charge >= 0.3 is 0 Å². The lowest BCUT2D eigenvalue weighted by Crippen LogP contribution is -2.02. The fourth-order valence-corrected chi connectivity index (χ4v) is 3.05. The Morgan fingerprint density at radius 1 is 0.444 bits per heavy atom. The van der Waals surface area contributed by atoms with Crippen molar-refractivity contribution < 1.29 is 4.79 Å². The molecule has 0 aliphatic rings. The van der Waals surface area contributed by atoms with E-state index in [1.165, 1.54) is 16.7 Å². The van der Waals surface area contributed by atoms with Gasteiger partial charge < -0.3 is 0 Å². The topological polar surface area (TPSA) is 17.1 Å². The van der Waals surface area contributed by atoms with Crippen LogP contribution >= 0.6 is 0 Å². The predicted octanol–water partition coefficient (Wildman–Crippen LogP) is 6.37. The van der Waals surface area contributed by atoms with Crippen molar-refractivity contribution in [3.05, 3.63) is 144 Å². The number of carbonyl (C=O) groups excluding carboxylic acids is 1. The zero-order valence-electron chi connectivity index (χ0n) is 15.1. The number of carbonyl (C=O) groups is 1. The minimum absolute atomic E-state index is 0.309. The van der Waals surface area contributed by atoms with Crippen molar-refractivity contribution >= 4 is 6.29 Å². The average Bonchev–Trinajstić information content (AvgIpc) is 2.77. The predicted molar refractivity (Wildman–Crippen MR) is 112 cm³/mol. The van der Waals surface area contributed by atoms with Gasteiger partial charge in [-0.15, -0.1) is 0 Å². The van der Waals surface area contributed by atoms with Gasteiger partial charge in [0, 0.05) is 11.5 Å². The smallest absolute Gasteiger partial charge is 0.150 e. The molecule has 27 heavy (non-hydrogen) atoms. The number of benzene rings is 4. The zero-order valence-corrected chi connectivity index (χ0v) is 15.1. The van der Waals surface area contributed by atoms with Crippen LogP contribution in [-0.2, 0) is 0 Å². The summed E-state index contributed by atoms with van der Waals surface area (Å²) in [5.74, 6) is 0.309. The fraction of sp³-hybridized carbons (Fsp3) is 0.0385. The molecule has 0 fully saturated rings. The summed E-state index contributed by atoms with van der Waals surface area (Å²) >= 11 is 0. The van der Waals surface area contributed by atoms with E-state index >= 15 is 0 Å². The molecule has 0 saturated carbocycles. The molecule has 0 bridgehead atoms. The second kappa shape index (κ2) is 9.88. The summed E-state index contributed by atoms with van der Waals surface area (Å²) in [5, 5.41) is 0. The van der Waals surface area contributed by atoms with Crippen molar-refractivity contribution in [1.82, 2.24) is 0 Å². The molecule has 1 heteroatoms. The molecule has 0 radical (unpaired) electrons. The van der Waals surface area contributed by atoms with E-state index < -0.39 is 0 Å². The minimum atomic E-state index is 0.309. The van der Waals surface area contributed by atoms with Crippen LogP contribution < -0.4 is 0 Å². The lowest BCUT2D eigenvalue weighted by molar-refractivity contribution is 0.112. The van der Waals surface area contributed by atoms with E-state index in [9.17, 15) is 4.79 Å². The Labute approximate surface area is 160 Å². The van der Waals surface area contributed by atoms with Crippen LogP contribution in [0.15, 0.2) is 121 Å². The molecule has 4 rings (SSSR count). The van der Waals surface area contributed by atoms with E-state index in [1.807, 2.05) is 18.2 Å². The minimum Gasteiger partial charge on any atom is -0.298 e. The highest BCUT2D eigenvalue weighted by Crippen LogP contribution is 2.31. The molecular formula is C26H22O. The Hall–Kier alpha value is -3.45. The third kappa shape index (κ3) is 5.26. The first kappa shape index (κ1) is 18.3. The first-order chi connectivity index (χ1) is 13.4. The number of aldehydes is 1. The summed E-state index contributed by atoms with van der Waals surface area (Å²) in [6.07, 6.45) is 0.833. The molecule has 0 amide bonds. The van der Waals surface area contributed by atoms with Crippen LogP contribution in [0.25, 0.3) is 0 Å². The van der Waals surface area contributed by atoms with Crippen LogP contribution in [0.4, 0.5) is 0 Å². The standard InChI is InChI=1S/C19H16.C7H6O/c1-4-10-16(11-5-1)19(17-12-6-2-7-13-17)18-14-8-3-9-15-18;8-6-7-4-2-1-3-5-7/h1-15,19H;1-6H. The van der Waals surface area contributed by atoms with Crippen molar-refractivity contribution in [2.75, 3.05) is 0 Å². The Bertz CT molecular complexity index is 823. The molecule has 0 aromatic heterocycles. The van der Waals surface area contributed by atoms with Crippen LogP contribution in [0.5, 0.6) is 0 Å². The highest BCUT2D eigenvalue weighted by Gasteiger charge is 2.15. The van der Waals surface area contributed by atoms with E-state index in [4.69, 9.17) is 0 Å². The zero-order chi connectivity index (χ0) is 18.7. The molecule has 0 saturated heterocycles. The lowest BCUT2D eigenvalue weighted by atomic mass is 9.85. The second-order valence-corrected chi connectivity index (χ2v) is 6.19. The van der Waals surface area contributed by atoms with Gasteiger partial charge in [-0.3, -0.25) is 4.79 Å². The van der Waals surface area contributed by atoms with Crippen molar-refractivity contribution in [2.45, 2.75) is 5.92 Å². The normalized spacial score (nSPS) is 9.96. The monoisotopic (exact) mass is 350 g/mol. The average molecular weight is 350 g/mol. The Morgan fingerprint density at radius 3 is 1.00 bits per heavy atom. The number of rotatable bonds is 4. The van der Waals surface area contributed by atoms with Crippen molar-refractivity contribution in [3.63, 3.8) is 0 Å². The molecular weight excluding hydrogens is 328 g/mol. The van der Waals surface area contributed by atoms with Crippen LogP contribution in [0.1, 0.15) is 33.0 Å². The van der Waals surface area contributed by atoms with E-state index in [0.717, 1.165) is 11.8 Å². The number of hydrogen-bond acceptors (Lipinski definition) is 1. The van der Waals surface area contributed by atoms with Crippen LogP contribution in [0.3, 0.4) is 0 Å². The maximum absolute atomic E-state index is 10.0. The van der Waals surface area contributed by atoms with Gasteiger partial charge in [-0.25, -0.2) is 0 Å². The third-order valence-corrected chi connectivity index (χ3v) is 4.33. The highest BCUT2D eigenvalue weighted by atomic mass is 16.1. The fourth-order valence-electron chi connectivity index (χ4n) is 3.05. The van der Waals surface area contributed by atoms with Gasteiger partial charge in [0.2, 0.25) is 0 Å². The van der Waals surface area contributed by atoms with Crippen molar-refractivity contribution in [1.29, 1.82) is 0 Å². The van der Waals surface area contributed by atoms with Gasteiger partial charge in [0.25, 0.3) is 0 Å². The van der Waals surface area contributed by atoms with Crippen LogP contribution in [0, 0.1) is 0 Å². The van der Waals surface area contributed by atoms with E-state index in [-0.39, 0.29) is 0 Å². The molecule has 132 valence electrons. The molecule has 0 spiro atoms. The van der Waals surface area contributed by atoms with Gasteiger partial charge in [0.05, 0.1) is 0 Å².